The summed E-state index contributed by atoms with van der Waals surface area (Å²) in [7, 11) is 1.39. The third-order valence-corrected chi connectivity index (χ3v) is 8.97. The Hall–Kier alpha value is -6.10. The summed E-state index contributed by atoms with van der Waals surface area (Å²) in [5, 5.41) is 0. The number of ether oxygens (including phenoxy) is 3. The summed E-state index contributed by atoms with van der Waals surface area (Å²) in [5.74, 6) is -1.94. The third-order valence-electron chi connectivity index (χ3n) is 8.97. The van der Waals surface area contributed by atoms with E-state index in [9.17, 15) is 28.8 Å². The van der Waals surface area contributed by atoms with E-state index in [0.717, 1.165) is 15.4 Å². The van der Waals surface area contributed by atoms with E-state index in [1.54, 1.807) is 24.3 Å². The lowest BCUT2D eigenvalue weighted by atomic mass is 9.94. The fourth-order valence-corrected chi connectivity index (χ4v) is 6.20. The Labute approximate surface area is 281 Å². The zero-order chi connectivity index (χ0) is 34.4. The van der Waals surface area contributed by atoms with Gasteiger partial charge in [-0.25, -0.2) is 14.5 Å². The molecule has 246 valence electrons. The van der Waals surface area contributed by atoms with Crippen LogP contribution in [0.2, 0.25) is 0 Å². The molecule has 4 aromatic rings. The van der Waals surface area contributed by atoms with Gasteiger partial charge in [-0.15, -0.1) is 0 Å². The molecule has 11 heteroatoms. The van der Waals surface area contributed by atoms with E-state index in [2.05, 4.69) is 0 Å². The van der Waals surface area contributed by atoms with Crippen LogP contribution in [0.15, 0.2) is 84.9 Å². The van der Waals surface area contributed by atoms with Crippen molar-refractivity contribution in [2.24, 2.45) is 0 Å². The van der Waals surface area contributed by atoms with Gasteiger partial charge in [0.1, 0.15) is 23.7 Å². The van der Waals surface area contributed by atoms with Crippen molar-refractivity contribution >= 4 is 41.3 Å². The van der Waals surface area contributed by atoms with Crippen molar-refractivity contribution in [1.29, 1.82) is 0 Å². The van der Waals surface area contributed by atoms with Gasteiger partial charge >= 0.3 is 11.9 Å². The van der Waals surface area contributed by atoms with Gasteiger partial charge in [0.2, 0.25) is 0 Å². The molecular formula is C38H30N2O9. The second-order valence-electron chi connectivity index (χ2n) is 12.3. The van der Waals surface area contributed by atoms with E-state index < -0.39 is 47.8 Å². The molecule has 1 saturated carbocycles. The average Bonchev–Trinajstić information content (AvgIpc) is 3.49. The number of rotatable bonds is 7. The topological polar surface area (TPSA) is 137 Å². The average molecular weight is 659 g/mol. The van der Waals surface area contributed by atoms with Crippen LogP contribution in [0.1, 0.15) is 93.4 Å². The van der Waals surface area contributed by atoms with Crippen LogP contribution in [-0.2, 0) is 9.47 Å². The lowest BCUT2D eigenvalue weighted by molar-refractivity contribution is -0.0108. The molecule has 2 heterocycles. The molecule has 0 atom stereocenters. The van der Waals surface area contributed by atoms with Crippen LogP contribution in [-0.4, -0.2) is 59.7 Å². The Morgan fingerprint density at radius 1 is 0.571 bits per heavy atom. The quantitative estimate of drug-likeness (QED) is 0.169. The Balaban J connectivity index is 0.938. The maximum absolute atomic E-state index is 13.4. The standard InChI is InChI=1S/C38H30N2O9/c1-21-3-9-25(10-4-21)47-26-11-7-24(8-12-26)40-35(43)30-18-6-23(20-32(30)36(40)44)38(46)49-28-15-13-27(14-16-28)48-37(45)22-5-17-29-31(19-22)34(42)39(2)33(29)41/h3-12,17-20,27-28H,13-16H2,1-2H3. The molecule has 0 radical (unpaired) electrons. The minimum Gasteiger partial charge on any atom is -0.459 e. The summed E-state index contributed by atoms with van der Waals surface area (Å²) in [5.41, 5.74) is 2.52. The number of hydrogen-bond donors (Lipinski definition) is 0. The van der Waals surface area contributed by atoms with E-state index in [1.807, 2.05) is 31.2 Å². The zero-order valence-corrected chi connectivity index (χ0v) is 26.6. The van der Waals surface area contributed by atoms with Crippen LogP contribution in [0.25, 0.3) is 0 Å². The lowest BCUT2D eigenvalue weighted by Crippen LogP contribution is -2.30. The van der Waals surface area contributed by atoms with E-state index in [1.165, 1.54) is 43.4 Å². The Kier molecular flexibility index (Phi) is 8.03. The molecule has 1 fully saturated rings. The summed E-state index contributed by atoms with van der Waals surface area (Å²) in [4.78, 5) is 78.9. The highest BCUT2D eigenvalue weighted by molar-refractivity contribution is 6.34. The smallest absolute Gasteiger partial charge is 0.338 e. The number of benzene rings is 4. The number of fused-ring (bicyclic) bond motifs is 2. The van der Waals surface area contributed by atoms with Crippen LogP contribution < -0.4 is 9.64 Å². The molecule has 3 aliphatic rings. The third kappa shape index (κ3) is 5.95. The number of nitrogens with zero attached hydrogens (tertiary/aromatic N) is 2. The highest BCUT2D eigenvalue weighted by atomic mass is 16.6. The Morgan fingerprint density at radius 3 is 1.53 bits per heavy atom. The number of carbonyl (C=O) groups excluding carboxylic acids is 6. The number of carbonyl (C=O) groups is 6. The van der Waals surface area contributed by atoms with Gasteiger partial charge in [0.15, 0.2) is 0 Å². The van der Waals surface area contributed by atoms with Crippen LogP contribution >= 0.6 is 0 Å². The minimum atomic E-state index is -0.623. The van der Waals surface area contributed by atoms with Gasteiger partial charge in [-0.2, -0.15) is 0 Å². The first-order valence-corrected chi connectivity index (χ1v) is 15.8. The van der Waals surface area contributed by atoms with Crippen molar-refractivity contribution in [3.8, 4) is 11.5 Å². The predicted molar refractivity (Wildman–Crippen MR) is 175 cm³/mol. The normalized spacial score (nSPS) is 18.3. The van der Waals surface area contributed by atoms with Crippen LogP contribution in [0.3, 0.4) is 0 Å². The second kappa shape index (κ2) is 12.5. The first kappa shape index (κ1) is 31.5. The molecule has 0 saturated heterocycles. The van der Waals surface area contributed by atoms with Gasteiger partial charge in [-0.1, -0.05) is 17.7 Å². The van der Waals surface area contributed by atoms with Gasteiger partial charge < -0.3 is 14.2 Å². The highest BCUT2D eigenvalue weighted by Gasteiger charge is 2.38. The van der Waals surface area contributed by atoms with Gasteiger partial charge in [-0.05, 0) is 105 Å². The van der Waals surface area contributed by atoms with Gasteiger partial charge in [-0.3, -0.25) is 24.1 Å². The fourth-order valence-electron chi connectivity index (χ4n) is 6.20. The molecule has 0 N–H and O–H groups in total. The van der Waals surface area contributed by atoms with Crippen LogP contribution in [0.5, 0.6) is 11.5 Å². The molecular weight excluding hydrogens is 628 g/mol. The largest absolute Gasteiger partial charge is 0.459 e. The number of aryl methyl sites for hydroxylation is 1. The summed E-state index contributed by atoms with van der Waals surface area (Å²) in [6, 6.07) is 22.8. The van der Waals surface area contributed by atoms with Gasteiger partial charge in [0, 0.05) is 7.05 Å². The second-order valence-corrected chi connectivity index (χ2v) is 12.3. The summed E-state index contributed by atoms with van der Waals surface area (Å²) in [6.45, 7) is 1.98. The molecule has 4 aromatic carbocycles. The number of hydrogen-bond acceptors (Lipinski definition) is 9. The Morgan fingerprint density at radius 2 is 1.00 bits per heavy atom. The molecule has 0 bridgehead atoms. The van der Waals surface area contributed by atoms with Crippen molar-refractivity contribution in [2.75, 3.05) is 11.9 Å². The summed E-state index contributed by atoms with van der Waals surface area (Å²) in [6.07, 6.45) is 0.973. The van der Waals surface area contributed by atoms with Crippen molar-refractivity contribution in [3.63, 3.8) is 0 Å². The van der Waals surface area contributed by atoms with E-state index in [4.69, 9.17) is 14.2 Å². The fraction of sp³-hybridized carbons (Fsp3) is 0.211. The first-order chi connectivity index (χ1) is 23.6. The number of amides is 4. The summed E-state index contributed by atoms with van der Waals surface area (Å²) >= 11 is 0. The van der Waals surface area contributed by atoms with Crippen molar-refractivity contribution in [2.45, 2.75) is 44.8 Å². The number of esters is 2. The maximum Gasteiger partial charge on any atom is 0.338 e. The van der Waals surface area contributed by atoms with Crippen LogP contribution in [0.4, 0.5) is 5.69 Å². The number of imide groups is 2. The predicted octanol–water partition coefficient (Wildman–Crippen LogP) is 6.14. The lowest BCUT2D eigenvalue weighted by Gasteiger charge is -2.28. The summed E-state index contributed by atoms with van der Waals surface area (Å²) < 4.78 is 17.2. The minimum absolute atomic E-state index is 0.110. The van der Waals surface area contributed by atoms with Crippen molar-refractivity contribution in [3.05, 3.63) is 124 Å². The first-order valence-electron chi connectivity index (χ1n) is 15.8. The zero-order valence-electron chi connectivity index (χ0n) is 26.6. The van der Waals surface area contributed by atoms with E-state index in [-0.39, 0.29) is 33.4 Å². The van der Waals surface area contributed by atoms with Gasteiger partial charge in [0.25, 0.3) is 23.6 Å². The van der Waals surface area contributed by atoms with E-state index in [0.29, 0.717) is 42.9 Å². The maximum atomic E-state index is 13.4. The van der Waals surface area contributed by atoms with Crippen molar-refractivity contribution in [1.82, 2.24) is 4.90 Å². The Bertz CT molecular complexity index is 2040. The molecule has 7 rings (SSSR count). The molecule has 0 unspecified atom stereocenters. The monoisotopic (exact) mass is 658 g/mol. The SMILES string of the molecule is Cc1ccc(Oc2ccc(N3C(=O)c4ccc(C(=O)OC5CCC(OC(=O)c6ccc7c(c6)C(=O)N(C)C7=O)CC5)cc4C3=O)cc2)cc1. The van der Waals surface area contributed by atoms with Crippen LogP contribution in [0, 0.1) is 6.92 Å². The number of anilines is 1. The molecule has 49 heavy (non-hydrogen) atoms. The molecule has 0 aromatic heterocycles. The molecule has 1 aliphatic carbocycles. The molecule has 4 amide bonds. The van der Waals surface area contributed by atoms with Gasteiger partial charge in [0.05, 0.1) is 39.1 Å². The molecule has 0 spiro atoms. The van der Waals surface area contributed by atoms with Crippen molar-refractivity contribution < 1.29 is 43.0 Å². The molecule has 11 nitrogen and oxygen atoms in total. The molecule has 2 aliphatic heterocycles. The van der Waals surface area contributed by atoms with E-state index >= 15 is 0 Å². The highest BCUT2D eigenvalue weighted by Crippen LogP contribution is 2.32.